The zero-order valence-electron chi connectivity index (χ0n) is 10.7. The van der Waals surface area contributed by atoms with Gasteiger partial charge >= 0.3 is 0 Å². The predicted octanol–water partition coefficient (Wildman–Crippen LogP) is 0.998. The van der Waals surface area contributed by atoms with Crippen LogP contribution in [-0.4, -0.2) is 17.9 Å². The number of hydrogen-bond acceptors (Lipinski definition) is 3. The molecule has 0 fully saturated rings. The molecule has 1 aromatic carbocycles. The van der Waals surface area contributed by atoms with Crippen LogP contribution < -0.4 is 16.4 Å². The number of rotatable bonds is 6. The predicted molar refractivity (Wildman–Crippen MR) is 70.9 cm³/mol. The van der Waals surface area contributed by atoms with Crippen molar-refractivity contribution >= 4 is 17.5 Å². The summed E-state index contributed by atoms with van der Waals surface area (Å²) in [6.45, 7) is 3.94. The molecule has 0 aliphatic heterocycles. The van der Waals surface area contributed by atoms with Crippen LogP contribution in [-0.2, 0) is 16.1 Å². The molecule has 5 nitrogen and oxygen atoms in total. The molecular weight excluding hydrogens is 230 g/mol. The molecular formula is C13H19N3O2. The van der Waals surface area contributed by atoms with Crippen molar-refractivity contribution in [1.82, 2.24) is 5.32 Å². The molecule has 0 heterocycles. The Morgan fingerprint density at radius 1 is 1.33 bits per heavy atom. The van der Waals surface area contributed by atoms with Crippen molar-refractivity contribution in [3.05, 3.63) is 29.8 Å². The average molecular weight is 249 g/mol. The van der Waals surface area contributed by atoms with Gasteiger partial charge in [-0.2, -0.15) is 0 Å². The van der Waals surface area contributed by atoms with Gasteiger partial charge in [-0.25, -0.2) is 0 Å². The van der Waals surface area contributed by atoms with Crippen LogP contribution >= 0.6 is 0 Å². The van der Waals surface area contributed by atoms with Crippen LogP contribution in [0.5, 0.6) is 0 Å². The third kappa shape index (κ3) is 4.97. The molecule has 0 spiro atoms. The Kier molecular flexibility index (Phi) is 5.32. The summed E-state index contributed by atoms with van der Waals surface area (Å²) in [6.07, 6.45) is 0.294. The number of primary amides is 1. The number of carbonyl (C=O) groups excluding carboxylic acids is 2. The summed E-state index contributed by atoms with van der Waals surface area (Å²) in [5.74, 6) is -0.433. The molecule has 2 amide bonds. The quantitative estimate of drug-likeness (QED) is 0.703. The van der Waals surface area contributed by atoms with Crippen LogP contribution in [0.15, 0.2) is 24.3 Å². The number of amides is 2. The Balaban J connectivity index is 2.61. The van der Waals surface area contributed by atoms with Crippen LogP contribution in [0.4, 0.5) is 5.69 Å². The van der Waals surface area contributed by atoms with Crippen LogP contribution in [0.1, 0.15) is 25.8 Å². The van der Waals surface area contributed by atoms with Gasteiger partial charge in [-0.3, -0.25) is 9.59 Å². The number of para-hydroxylation sites is 1. The first-order valence-corrected chi connectivity index (χ1v) is 5.86. The van der Waals surface area contributed by atoms with Crippen molar-refractivity contribution in [2.75, 3.05) is 5.32 Å². The molecule has 1 atom stereocenters. The van der Waals surface area contributed by atoms with Gasteiger partial charge in [0.25, 0.3) is 0 Å². The van der Waals surface area contributed by atoms with E-state index >= 15 is 0 Å². The molecule has 1 aromatic rings. The second-order valence-corrected chi connectivity index (χ2v) is 4.29. The van der Waals surface area contributed by atoms with Crippen molar-refractivity contribution < 1.29 is 9.59 Å². The van der Waals surface area contributed by atoms with E-state index in [1.165, 1.54) is 6.92 Å². The summed E-state index contributed by atoms with van der Waals surface area (Å²) in [5.41, 5.74) is 6.88. The van der Waals surface area contributed by atoms with Crippen molar-refractivity contribution in [2.24, 2.45) is 5.73 Å². The minimum absolute atomic E-state index is 0.00730. The van der Waals surface area contributed by atoms with E-state index in [-0.39, 0.29) is 17.9 Å². The highest BCUT2D eigenvalue weighted by Gasteiger charge is 2.07. The highest BCUT2D eigenvalue weighted by molar-refractivity contribution is 5.89. The van der Waals surface area contributed by atoms with Gasteiger partial charge in [0.1, 0.15) is 0 Å². The SMILES string of the molecule is CC(=O)Nc1ccccc1CNC(C)CC(N)=O. The Bertz CT molecular complexity index is 432. The highest BCUT2D eigenvalue weighted by Crippen LogP contribution is 2.14. The van der Waals surface area contributed by atoms with Crippen molar-refractivity contribution in [3.63, 3.8) is 0 Å². The molecule has 0 aromatic heterocycles. The van der Waals surface area contributed by atoms with Crippen molar-refractivity contribution in [2.45, 2.75) is 32.9 Å². The van der Waals surface area contributed by atoms with E-state index in [1.807, 2.05) is 31.2 Å². The molecule has 0 aliphatic carbocycles. The number of nitrogens with one attached hydrogen (secondary N) is 2. The fraction of sp³-hybridized carbons (Fsp3) is 0.385. The van der Waals surface area contributed by atoms with Gasteiger partial charge in [0.2, 0.25) is 11.8 Å². The number of nitrogens with two attached hydrogens (primary N) is 1. The molecule has 0 aliphatic rings. The fourth-order valence-electron chi connectivity index (χ4n) is 1.64. The van der Waals surface area contributed by atoms with Gasteiger partial charge in [0, 0.05) is 31.6 Å². The van der Waals surface area contributed by atoms with E-state index < -0.39 is 0 Å². The van der Waals surface area contributed by atoms with Crippen LogP contribution in [0, 0.1) is 0 Å². The highest BCUT2D eigenvalue weighted by atomic mass is 16.1. The normalized spacial score (nSPS) is 11.9. The molecule has 0 bridgehead atoms. The third-order valence-corrected chi connectivity index (χ3v) is 2.48. The van der Waals surface area contributed by atoms with Crippen LogP contribution in [0.25, 0.3) is 0 Å². The monoisotopic (exact) mass is 249 g/mol. The molecule has 1 rings (SSSR count). The number of anilines is 1. The zero-order chi connectivity index (χ0) is 13.5. The number of carbonyl (C=O) groups is 2. The number of benzene rings is 1. The summed E-state index contributed by atoms with van der Waals surface area (Å²) in [4.78, 5) is 21.8. The van der Waals surface area contributed by atoms with Gasteiger partial charge in [0.05, 0.1) is 0 Å². The van der Waals surface area contributed by atoms with E-state index in [9.17, 15) is 9.59 Å². The Hall–Kier alpha value is -1.88. The van der Waals surface area contributed by atoms with Gasteiger partial charge in [0.15, 0.2) is 0 Å². The second kappa shape index (κ2) is 6.76. The smallest absolute Gasteiger partial charge is 0.221 e. The van der Waals surface area contributed by atoms with E-state index in [1.54, 1.807) is 0 Å². The lowest BCUT2D eigenvalue weighted by Crippen LogP contribution is -2.30. The van der Waals surface area contributed by atoms with Gasteiger partial charge in [-0.05, 0) is 18.6 Å². The van der Waals surface area contributed by atoms with Crippen molar-refractivity contribution in [3.8, 4) is 0 Å². The van der Waals surface area contributed by atoms with Crippen molar-refractivity contribution in [1.29, 1.82) is 0 Å². The largest absolute Gasteiger partial charge is 0.370 e. The molecule has 18 heavy (non-hydrogen) atoms. The third-order valence-electron chi connectivity index (χ3n) is 2.48. The summed E-state index contributed by atoms with van der Waals surface area (Å²) in [7, 11) is 0. The zero-order valence-corrected chi connectivity index (χ0v) is 10.7. The van der Waals surface area contributed by atoms with Gasteiger partial charge < -0.3 is 16.4 Å². The van der Waals surface area contributed by atoms with E-state index in [0.29, 0.717) is 13.0 Å². The summed E-state index contributed by atoms with van der Waals surface area (Å²) in [6, 6.07) is 7.54. The van der Waals surface area contributed by atoms with E-state index in [2.05, 4.69) is 10.6 Å². The second-order valence-electron chi connectivity index (χ2n) is 4.29. The maximum atomic E-state index is 11.1. The van der Waals surface area contributed by atoms with Gasteiger partial charge in [-0.1, -0.05) is 18.2 Å². The first-order chi connectivity index (χ1) is 8.49. The molecule has 0 saturated carbocycles. The summed E-state index contributed by atoms with van der Waals surface area (Å²) < 4.78 is 0. The lowest BCUT2D eigenvalue weighted by Gasteiger charge is -2.14. The van der Waals surface area contributed by atoms with Crippen LogP contribution in [0.2, 0.25) is 0 Å². The van der Waals surface area contributed by atoms with Gasteiger partial charge in [-0.15, -0.1) is 0 Å². The molecule has 98 valence electrons. The van der Waals surface area contributed by atoms with Crippen LogP contribution in [0.3, 0.4) is 0 Å². The lowest BCUT2D eigenvalue weighted by atomic mass is 10.1. The van der Waals surface area contributed by atoms with E-state index in [0.717, 1.165) is 11.3 Å². The number of hydrogen-bond donors (Lipinski definition) is 3. The minimum Gasteiger partial charge on any atom is -0.370 e. The summed E-state index contributed by atoms with van der Waals surface area (Å²) >= 11 is 0. The molecule has 0 saturated heterocycles. The Morgan fingerprint density at radius 3 is 2.61 bits per heavy atom. The fourth-order valence-corrected chi connectivity index (χ4v) is 1.64. The average Bonchev–Trinajstić information content (AvgIpc) is 2.26. The first-order valence-electron chi connectivity index (χ1n) is 5.86. The molecule has 4 N–H and O–H groups in total. The lowest BCUT2D eigenvalue weighted by molar-refractivity contribution is -0.118. The Morgan fingerprint density at radius 2 is 2.00 bits per heavy atom. The maximum absolute atomic E-state index is 11.1. The maximum Gasteiger partial charge on any atom is 0.221 e. The minimum atomic E-state index is -0.329. The topological polar surface area (TPSA) is 84.2 Å². The molecule has 5 heteroatoms. The Labute approximate surface area is 107 Å². The first kappa shape index (κ1) is 14.2. The molecule has 0 radical (unpaired) electrons. The standard InChI is InChI=1S/C13H19N3O2/c1-9(7-13(14)18)15-8-11-5-3-4-6-12(11)16-10(2)17/h3-6,9,15H,7-8H2,1-2H3,(H2,14,18)(H,16,17). The van der Waals surface area contributed by atoms with E-state index in [4.69, 9.17) is 5.73 Å². The molecule has 1 unspecified atom stereocenters. The summed E-state index contributed by atoms with van der Waals surface area (Å²) in [5, 5.41) is 5.96.